The highest BCUT2D eigenvalue weighted by Gasteiger charge is 2.27. The van der Waals surface area contributed by atoms with Crippen LogP contribution in [0, 0.1) is 0 Å². The quantitative estimate of drug-likeness (QED) is 0.839. The Labute approximate surface area is 106 Å². The normalized spacial score (nSPS) is 19.8. The van der Waals surface area contributed by atoms with Crippen LogP contribution in [-0.4, -0.2) is 29.5 Å². The van der Waals surface area contributed by atoms with Crippen LogP contribution < -0.4 is 10.2 Å². The summed E-state index contributed by atoms with van der Waals surface area (Å²) in [5, 5.41) is 6.14. The van der Waals surface area contributed by atoms with Crippen LogP contribution in [0.15, 0.2) is 24.3 Å². The first-order chi connectivity index (χ1) is 8.16. The Balaban J connectivity index is 1.98. The zero-order valence-electron chi connectivity index (χ0n) is 10.2. The second-order valence-corrected chi connectivity index (χ2v) is 5.99. The number of nitrogens with one attached hydrogen (secondary N) is 1. The maximum absolute atomic E-state index is 4.52. The molecule has 0 spiro atoms. The van der Waals surface area contributed by atoms with Gasteiger partial charge in [-0.25, -0.2) is 0 Å². The minimum Gasteiger partial charge on any atom is -0.359 e. The third-order valence-corrected chi connectivity index (χ3v) is 4.16. The van der Waals surface area contributed by atoms with E-state index >= 15 is 0 Å². The topological polar surface area (TPSA) is 28.2 Å². The molecule has 1 aliphatic heterocycles. The van der Waals surface area contributed by atoms with E-state index in [4.69, 9.17) is 0 Å². The SMILES string of the molecule is CC1(C)CN(c2snc3ccccc23)CCN1. The molecule has 4 heteroatoms. The summed E-state index contributed by atoms with van der Waals surface area (Å²) in [4.78, 5) is 2.45. The van der Waals surface area contributed by atoms with E-state index in [1.807, 2.05) is 6.07 Å². The van der Waals surface area contributed by atoms with Gasteiger partial charge in [0.1, 0.15) is 5.00 Å². The second-order valence-electron chi connectivity index (χ2n) is 5.24. The van der Waals surface area contributed by atoms with E-state index in [1.165, 1.54) is 10.4 Å². The smallest absolute Gasteiger partial charge is 0.120 e. The lowest BCUT2D eigenvalue weighted by molar-refractivity contribution is 0.354. The van der Waals surface area contributed by atoms with E-state index in [2.05, 4.69) is 46.6 Å². The highest BCUT2D eigenvalue weighted by atomic mass is 32.1. The Bertz CT molecular complexity index is 532. The maximum atomic E-state index is 4.52. The van der Waals surface area contributed by atoms with Crippen molar-refractivity contribution in [2.45, 2.75) is 19.4 Å². The average Bonchev–Trinajstić information content (AvgIpc) is 2.71. The van der Waals surface area contributed by atoms with Gasteiger partial charge in [-0.3, -0.25) is 0 Å². The summed E-state index contributed by atoms with van der Waals surface area (Å²) >= 11 is 1.62. The van der Waals surface area contributed by atoms with Crippen LogP contribution in [0.5, 0.6) is 0 Å². The van der Waals surface area contributed by atoms with Crippen molar-refractivity contribution < 1.29 is 0 Å². The van der Waals surface area contributed by atoms with Crippen LogP contribution in [0.2, 0.25) is 0 Å². The molecule has 0 unspecified atom stereocenters. The van der Waals surface area contributed by atoms with E-state index in [0.717, 1.165) is 25.2 Å². The first kappa shape index (κ1) is 11.0. The Kier molecular flexibility index (Phi) is 2.56. The molecule has 2 aromatic rings. The summed E-state index contributed by atoms with van der Waals surface area (Å²) in [6.45, 7) is 7.65. The molecule has 1 fully saturated rings. The summed E-state index contributed by atoms with van der Waals surface area (Å²) in [7, 11) is 0. The zero-order valence-corrected chi connectivity index (χ0v) is 11.0. The van der Waals surface area contributed by atoms with Gasteiger partial charge < -0.3 is 10.2 Å². The van der Waals surface area contributed by atoms with E-state index in [9.17, 15) is 0 Å². The number of fused-ring (bicyclic) bond motifs is 1. The number of aromatic nitrogens is 1. The molecular weight excluding hydrogens is 230 g/mol. The van der Waals surface area contributed by atoms with Crippen molar-refractivity contribution in [3.8, 4) is 0 Å². The van der Waals surface area contributed by atoms with Gasteiger partial charge in [0.25, 0.3) is 0 Å². The van der Waals surface area contributed by atoms with Gasteiger partial charge in [-0.2, -0.15) is 4.37 Å². The fourth-order valence-electron chi connectivity index (χ4n) is 2.42. The number of nitrogens with zero attached hydrogens (tertiary/aromatic N) is 2. The van der Waals surface area contributed by atoms with Crippen molar-refractivity contribution >= 4 is 27.4 Å². The van der Waals surface area contributed by atoms with Crippen molar-refractivity contribution in [2.75, 3.05) is 24.5 Å². The van der Waals surface area contributed by atoms with Crippen LogP contribution >= 0.6 is 11.5 Å². The molecule has 1 aliphatic rings. The standard InChI is InChI=1S/C13H17N3S/c1-13(2)9-16(8-7-14-13)12-10-5-3-4-6-11(10)15-17-12/h3-6,14H,7-9H2,1-2H3. The molecule has 1 aromatic heterocycles. The van der Waals surface area contributed by atoms with Crippen LogP contribution in [0.4, 0.5) is 5.00 Å². The largest absolute Gasteiger partial charge is 0.359 e. The van der Waals surface area contributed by atoms with Gasteiger partial charge in [-0.05, 0) is 37.5 Å². The number of hydrogen-bond donors (Lipinski definition) is 1. The first-order valence-corrected chi connectivity index (χ1v) is 6.77. The van der Waals surface area contributed by atoms with Crippen LogP contribution in [0.25, 0.3) is 10.9 Å². The summed E-state index contributed by atoms with van der Waals surface area (Å²) < 4.78 is 4.52. The van der Waals surface area contributed by atoms with Gasteiger partial charge in [0, 0.05) is 30.6 Å². The summed E-state index contributed by atoms with van der Waals surface area (Å²) in [5.41, 5.74) is 1.30. The van der Waals surface area contributed by atoms with E-state index in [-0.39, 0.29) is 5.54 Å². The predicted octanol–water partition coefficient (Wildman–Crippen LogP) is 2.48. The molecule has 90 valence electrons. The lowest BCUT2D eigenvalue weighted by Crippen LogP contribution is -2.57. The monoisotopic (exact) mass is 247 g/mol. The third-order valence-electron chi connectivity index (χ3n) is 3.22. The van der Waals surface area contributed by atoms with Crippen LogP contribution in [0.1, 0.15) is 13.8 Å². The molecule has 0 saturated carbocycles. The minimum absolute atomic E-state index is 0.184. The van der Waals surface area contributed by atoms with Gasteiger partial charge in [0.2, 0.25) is 0 Å². The number of piperazine rings is 1. The van der Waals surface area contributed by atoms with Crippen molar-refractivity contribution in [1.82, 2.24) is 9.69 Å². The summed E-state index contributed by atoms with van der Waals surface area (Å²) in [5.74, 6) is 0. The van der Waals surface area contributed by atoms with Gasteiger partial charge in [0.05, 0.1) is 5.52 Å². The van der Waals surface area contributed by atoms with Crippen LogP contribution in [0.3, 0.4) is 0 Å². The van der Waals surface area contributed by atoms with Gasteiger partial charge >= 0.3 is 0 Å². The lowest BCUT2D eigenvalue weighted by atomic mass is 10.0. The molecule has 3 nitrogen and oxygen atoms in total. The van der Waals surface area contributed by atoms with Gasteiger partial charge in [-0.1, -0.05) is 12.1 Å². The summed E-state index contributed by atoms with van der Waals surface area (Å²) in [6, 6.07) is 8.40. The van der Waals surface area contributed by atoms with E-state index < -0.39 is 0 Å². The van der Waals surface area contributed by atoms with Gasteiger partial charge in [0.15, 0.2) is 0 Å². The van der Waals surface area contributed by atoms with E-state index in [0.29, 0.717) is 0 Å². The third kappa shape index (κ3) is 2.03. The molecule has 1 aromatic carbocycles. The number of rotatable bonds is 1. The molecule has 0 atom stereocenters. The van der Waals surface area contributed by atoms with Crippen molar-refractivity contribution in [3.63, 3.8) is 0 Å². The number of hydrogen-bond acceptors (Lipinski definition) is 4. The number of benzene rings is 1. The Morgan fingerprint density at radius 1 is 1.35 bits per heavy atom. The molecule has 17 heavy (non-hydrogen) atoms. The Morgan fingerprint density at radius 2 is 2.18 bits per heavy atom. The van der Waals surface area contributed by atoms with Gasteiger partial charge in [-0.15, -0.1) is 0 Å². The fourth-order valence-corrected chi connectivity index (χ4v) is 3.30. The maximum Gasteiger partial charge on any atom is 0.120 e. The van der Waals surface area contributed by atoms with Crippen molar-refractivity contribution in [2.24, 2.45) is 0 Å². The Hall–Kier alpha value is -1.13. The fraction of sp³-hybridized carbons (Fsp3) is 0.462. The molecule has 1 N–H and O–H groups in total. The molecule has 2 heterocycles. The molecule has 3 rings (SSSR count). The molecular formula is C13H17N3S. The van der Waals surface area contributed by atoms with Crippen LogP contribution in [-0.2, 0) is 0 Å². The second kappa shape index (κ2) is 3.96. The minimum atomic E-state index is 0.184. The van der Waals surface area contributed by atoms with Crippen molar-refractivity contribution in [3.05, 3.63) is 24.3 Å². The number of anilines is 1. The molecule has 0 bridgehead atoms. The molecule has 0 amide bonds. The highest BCUT2D eigenvalue weighted by molar-refractivity contribution is 7.11. The zero-order chi connectivity index (χ0) is 11.9. The van der Waals surface area contributed by atoms with E-state index in [1.54, 1.807) is 11.5 Å². The molecule has 1 saturated heterocycles. The van der Waals surface area contributed by atoms with Crippen molar-refractivity contribution in [1.29, 1.82) is 0 Å². The first-order valence-electron chi connectivity index (χ1n) is 6.00. The molecule has 0 aliphatic carbocycles. The predicted molar refractivity (Wildman–Crippen MR) is 73.9 cm³/mol. The average molecular weight is 247 g/mol. The summed E-state index contributed by atoms with van der Waals surface area (Å²) in [6.07, 6.45) is 0. The Morgan fingerprint density at radius 3 is 3.00 bits per heavy atom. The highest BCUT2D eigenvalue weighted by Crippen LogP contribution is 2.32. The molecule has 0 radical (unpaired) electrons. The lowest BCUT2D eigenvalue weighted by Gasteiger charge is -2.39.